The first-order chi connectivity index (χ1) is 9.15. The molecule has 2 aromatic rings. The summed E-state index contributed by atoms with van der Waals surface area (Å²) in [6, 6.07) is 4.04. The molecular weight excluding hydrogens is 258 g/mol. The summed E-state index contributed by atoms with van der Waals surface area (Å²) in [6.45, 7) is 5.06. The van der Waals surface area contributed by atoms with Gasteiger partial charge in [0.25, 0.3) is 0 Å². The van der Waals surface area contributed by atoms with E-state index in [0.717, 1.165) is 16.8 Å². The van der Waals surface area contributed by atoms with E-state index < -0.39 is 0 Å². The van der Waals surface area contributed by atoms with Crippen molar-refractivity contribution >= 4 is 17.2 Å². The second-order valence-corrected chi connectivity index (χ2v) is 5.27. The molecule has 0 radical (unpaired) electrons. The van der Waals surface area contributed by atoms with Gasteiger partial charge in [-0.05, 0) is 31.4 Å². The van der Waals surface area contributed by atoms with E-state index in [2.05, 4.69) is 15.8 Å². The first-order valence-corrected chi connectivity index (χ1v) is 7.08. The van der Waals surface area contributed by atoms with Crippen molar-refractivity contribution in [3.63, 3.8) is 0 Å². The molecular formula is C14H17N3OS. The molecule has 0 unspecified atom stereocenters. The molecule has 2 aromatic heterocycles. The summed E-state index contributed by atoms with van der Waals surface area (Å²) >= 11 is 1.66. The third-order valence-corrected chi connectivity index (χ3v) is 3.20. The molecule has 0 saturated carbocycles. The van der Waals surface area contributed by atoms with Crippen LogP contribution in [-0.4, -0.2) is 22.2 Å². The predicted molar refractivity (Wildman–Crippen MR) is 78.0 cm³/mol. The Bertz CT molecular complexity index is 565. The van der Waals surface area contributed by atoms with Gasteiger partial charge in [-0.1, -0.05) is 5.57 Å². The quantitative estimate of drug-likeness (QED) is 0.853. The van der Waals surface area contributed by atoms with Crippen molar-refractivity contribution in [2.45, 2.75) is 20.4 Å². The Morgan fingerprint density at radius 1 is 1.47 bits per heavy atom. The number of hydrogen-bond acceptors (Lipinski definition) is 3. The molecule has 0 atom stereocenters. The monoisotopic (exact) mass is 275 g/mol. The average Bonchev–Trinajstić information content (AvgIpc) is 2.97. The molecule has 2 rings (SSSR count). The number of thiophene rings is 1. The molecule has 0 aliphatic carbocycles. The largest absolute Gasteiger partial charge is 0.351 e. The van der Waals surface area contributed by atoms with Crippen molar-refractivity contribution in [3.8, 4) is 11.3 Å². The van der Waals surface area contributed by atoms with Crippen molar-refractivity contribution in [2.24, 2.45) is 0 Å². The highest BCUT2D eigenvalue weighted by Gasteiger charge is 2.02. The van der Waals surface area contributed by atoms with Crippen LogP contribution in [-0.2, 0) is 11.3 Å². The Balaban J connectivity index is 1.84. The summed E-state index contributed by atoms with van der Waals surface area (Å²) in [7, 11) is 0. The van der Waals surface area contributed by atoms with Crippen molar-refractivity contribution < 1.29 is 4.79 Å². The van der Waals surface area contributed by atoms with Gasteiger partial charge >= 0.3 is 0 Å². The van der Waals surface area contributed by atoms with Crippen LogP contribution in [0.5, 0.6) is 0 Å². The van der Waals surface area contributed by atoms with Crippen molar-refractivity contribution in [3.05, 3.63) is 40.7 Å². The average molecular weight is 275 g/mol. The van der Waals surface area contributed by atoms with Crippen LogP contribution >= 0.6 is 11.3 Å². The van der Waals surface area contributed by atoms with Gasteiger partial charge in [0.15, 0.2) is 0 Å². The number of nitrogens with zero attached hydrogens (tertiary/aromatic N) is 2. The maximum atomic E-state index is 11.4. The number of nitrogens with one attached hydrogen (secondary N) is 1. The topological polar surface area (TPSA) is 46.9 Å². The highest BCUT2D eigenvalue weighted by atomic mass is 32.1. The SMILES string of the molecule is CC(C)=CC(=O)NCCn1ccc(-c2ccsc2)n1. The highest BCUT2D eigenvalue weighted by molar-refractivity contribution is 7.08. The Morgan fingerprint density at radius 3 is 3.00 bits per heavy atom. The lowest BCUT2D eigenvalue weighted by Crippen LogP contribution is -2.25. The van der Waals surface area contributed by atoms with E-state index in [1.54, 1.807) is 17.4 Å². The van der Waals surface area contributed by atoms with Crippen LogP contribution in [0.25, 0.3) is 11.3 Å². The van der Waals surface area contributed by atoms with E-state index in [1.807, 2.05) is 42.2 Å². The molecule has 0 spiro atoms. The normalized spacial score (nSPS) is 10.2. The van der Waals surface area contributed by atoms with Crippen LogP contribution in [0.4, 0.5) is 0 Å². The Hall–Kier alpha value is -1.88. The maximum Gasteiger partial charge on any atom is 0.243 e. The second-order valence-electron chi connectivity index (χ2n) is 4.49. The molecule has 19 heavy (non-hydrogen) atoms. The third kappa shape index (κ3) is 4.06. The van der Waals surface area contributed by atoms with Gasteiger partial charge < -0.3 is 5.32 Å². The minimum absolute atomic E-state index is 0.0507. The summed E-state index contributed by atoms with van der Waals surface area (Å²) < 4.78 is 1.84. The number of amides is 1. The number of aromatic nitrogens is 2. The molecule has 100 valence electrons. The molecule has 0 saturated heterocycles. The molecule has 5 heteroatoms. The highest BCUT2D eigenvalue weighted by Crippen LogP contribution is 2.19. The fraction of sp³-hybridized carbons (Fsp3) is 0.286. The maximum absolute atomic E-state index is 11.4. The number of rotatable bonds is 5. The summed E-state index contributed by atoms with van der Waals surface area (Å²) in [6.07, 6.45) is 3.53. The van der Waals surface area contributed by atoms with Gasteiger partial charge in [-0.3, -0.25) is 9.48 Å². The summed E-state index contributed by atoms with van der Waals surface area (Å²) in [5, 5.41) is 11.4. The Kier molecular flexibility index (Phi) is 4.52. The lowest BCUT2D eigenvalue weighted by Gasteiger charge is -2.03. The standard InChI is InChI=1S/C14H17N3OS/c1-11(2)9-14(18)15-5-7-17-6-3-13(16-17)12-4-8-19-10-12/h3-4,6,8-10H,5,7H2,1-2H3,(H,15,18). The van der Waals surface area contributed by atoms with Crippen LogP contribution in [0.15, 0.2) is 40.7 Å². The molecule has 1 N–H and O–H groups in total. The van der Waals surface area contributed by atoms with E-state index in [-0.39, 0.29) is 5.91 Å². The first-order valence-electron chi connectivity index (χ1n) is 6.14. The molecule has 0 aromatic carbocycles. The van der Waals surface area contributed by atoms with Crippen molar-refractivity contribution in [1.29, 1.82) is 0 Å². The Morgan fingerprint density at radius 2 is 2.32 bits per heavy atom. The third-order valence-electron chi connectivity index (χ3n) is 2.52. The molecule has 0 aliphatic rings. The van der Waals surface area contributed by atoms with E-state index in [1.165, 1.54) is 0 Å². The van der Waals surface area contributed by atoms with Crippen molar-refractivity contribution in [2.75, 3.05) is 6.54 Å². The predicted octanol–water partition coefficient (Wildman–Crippen LogP) is 2.69. The lowest BCUT2D eigenvalue weighted by molar-refractivity contribution is -0.116. The van der Waals surface area contributed by atoms with Crippen LogP contribution in [0.1, 0.15) is 13.8 Å². The zero-order chi connectivity index (χ0) is 13.7. The lowest BCUT2D eigenvalue weighted by atomic mass is 10.2. The zero-order valence-electron chi connectivity index (χ0n) is 11.1. The van der Waals surface area contributed by atoms with Crippen LogP contribution in [0.2, 0.25) is 0 Å². The van der Waals surface area contributed by atoms with Gasteiger partial charge in [0.2, 0.25) is 5.91 Å². The summed E-state index contributed by atoms with van der Waals surface area (Å²) in [5.41, 5.74) is 3.10. The van der Waals surface area contributed by atoms with Crippen LogP contribution in [0.3, 0.4) is 0 Å². The molecule has 1 amide bonds. The van der Waals surface area contributed by atoms with Gasteiger partial charge in [-0.15, -0.1) is 0 Å². The molecule has 0 bridgehead atoms. The van der Waals surface area contributed by atoms with Gasteiger partial charge in [0.05, 0.1) is 12.2 Å². The fourth-order valence-corrected chi connectivity index (χ4v) is 2.31. The zero-order valence-corrected chi connectivity index (χ0v) is 11.9. The van der Waals surface area contributed by atoms with Gasteiger partial charge in [0.1, 0.15) is 0 Å². The minimum Gasteiger partial charge on any atom is -0.351 e. The van der Waals surface area contributed by atoms with Gasteiger partial charge in [-0.25, -0.2) is 0 Å². The number of allylic oxidation sites excluding steroid dienone is 1. The molecule has 2 heterocycles. The van der Waals surface area contributed by atoms with E-state index in [4.69, 9.17) is 0 Å². The summed E-state index contributed by atoms with van der Waals surface area (Å²) in [4.78, 5) is 11.4. The van der Waals surface area contributed by atoms with E-state index in [9.17, 15) is 4.79 Å². The fourth-order valence-electron chi connectivity index (χ4n) is 1.66. The van der Waals surface area contributed by atoms with Crippen LogP contribution in [0, 0.1) is 0 Å². The molecule has 4 nitrogen and oxygen atoms in total. The number of hydrogen-bond donors (Lipinski definition) is 1. The second kappa shape index (κ2) is 6.33. The first kappa shape index (κ1) is 13.5. The number of carbonyl (C=O) groups is 1. The van der Waals surface area contributed by atoms with E-state index >= 15 is 0 Å². The smallest absolute Gasteiger partial charge is 0.243 e. The van der Waals surface area contributed by atoms with Crippen molar-refractivity contribution in [1.82, 2.24) is 15.1 Å². The van der Waals surface area contributed by atoms with E-state index in [0.29, 0.717) is 13.1 Å². The number of carbonyl (C=O) groups excluding carboxylic acids is 1. The van der Waals surface area contributed by atoms with Gasteiger partial charge in [0, 0.05) is 29.8 Å². The molecule has 0 aliphatic heterocycles. The minimum atomic E-state index is -0.0507. The van der Waals surface area contributed by atoms with Crippen LogP contribution < -0.4 is 5.32 Å². The summed E-state index contributed by atoms with van der Waals surface area (Å²) in [5.74, 6) is -0.0507. The molecule has 0 fully saturated rings. The van der Waals surface area contributed by atoms with Gasteiger partial charge in [-0.2, -0.15) is 16.4 Å². The Labute approximate surface area is 116 Å².